The maximum absolute atomic E-state index is 5.12. The molecule has 0 unspecified atom stereocenters. The summed E-state index contributed by atoms with van der Waals surface area (Å²) in [5.41, 5.74) is 1.73. The van der Waals surface area contributed by atoms with Crippen molar-refractivity contribution in [3.63, 3.8) is 0 Å². The van der Waals surface area contributed by atoms with Crippen LogP contribution in [0.15, 0.2) is 22.9 Å². The van der Waals surface area contributed by atoms with Gasteiger partial charge >= 0.3 is 6.01 Å². The zero-order valence-electron chi connectivity index (χ0n) is 10.5. The normalized spacial score (nSPS) is 11.5. The van der Waals surface area contributed by atoms with Crippen molar-refractivity contribution in [2.75, 3.05) is 5.32 Å². The predicted molar refractivity (Wildman–Crippen MR) is 65.6 cm³/mol. The number of nitrogens with one attached hydrogen (secondary N) is 1. The topological polar surface area (TPSA) is 63.8 Å². The van der Waals surface area contributed by atoms with Gasteiger partial charge in [0.05, 0.1) is 0 Å². The molecule has 2 rings (SSSR count). The fourth-order valence-corrected chi connectivity index (χ4v) is 1.36. The first-order chi connectivity index (χ1) is 7.94. The molecule has 1 N–H and O–H groups in total. The van der Waals surface area contributed by atoms with Gasteiger partial charge in [0, 0.05) is 11.7 Å². The van der Waals surface area contributed by atoms with Crippen LogP contribution in [0.4, 0.5) is 6.01 Å². The number of hydrogen-bond donors (Lipinski definition) is 1. The van der Waals surface area contributed by atoms with Crippen LogP contribution in [-0.2, 0) is 0 Å². The second-order valence-electron chi connectivity index (χ2n) is 5.02. The van der Waals surface area contributed by atoms with E-state index in [0.29, 0.717) is 11.8 Å². The van der Waals surface area contributed by atoms with Gasteiger partial charge in [-0.15, -0.1) is 0 Å². The fourth-order valence-electron chi connectivity index (χ4n) is 1.36. The van der Waals surface area contributed by atoms with E-state index in [1.807, 2.05) is 39.8 Å². The molecule has 0 aliphatic carbocycles. The molecule has 2 heterocycles. The molecule has 0 aliphatic rings. The van der Waals surface area contributed by atoms with Gasteiger partial charge in [-0.2, -0.15) is 4.98 Å². The number of hydrogen-bond acceptors (Lipinski definition) is 5. The Hall–Kier alpha value is -1.91. The summed E-state index contributed by atoms with van der Waals surface area (Å²) < 4.78 is 5.12. The lowest BCUT2D eigenvalue weighted by Gasteiger charge is -2.17. The second kappa shape index (κ2) is 4.16. The summed E-state index contributed by atoms with van der Waals surface area (Å²) in [5, 5.41) is 7.02. The minimum atomic E-state index is -0.107. The van der Waals surface area contributed by atoms with Gasteiger partial charge in [0.25, 0.3) is 0 Å². The number of anilines is 1. The Bertz CT molecular complexity index is 513. The van der Waals surface area contributed by atoms with E-state index in [9.17, 15) is 0 Å². The van der Waals surface area contributed by atoms with Crippen LogP contribution in [0.1, 0.15) is 26.3 Å². The maximum Gasteiger partial charge on any atom is 0.322 e. The fraction of sp³-hybridized carbons (Fsp3) is 0.417. The summed E-state index contributed by atoms with van der Waals surface area (Å²) in [4.78, 5) is 8.46. The molecule has 2 aromatic heterocycles. The number of nitrogens with zero attached hydrogens (tertiary/aromatic N) is 3. The van der Waals surface area contributed by atoms with Crippen molar-refractivity contribution in [2.24, 2.45) is 0 Å². The van der Waals surface area contributed by atoms with E-state index in [1.165, 1.54) is 0 Å². The highest BCUT2D eigenvalue weighted by Gasteiger charge is 2.15. The third-order valence-electron chi connectivity index (χ3n) is 2.05. The predicted octanol–water partition coefficient (Wildman–Crippen LogP) is 2.65. The van der Waals surface area contributed by atoms with Crippen molar-refractivity contribution in [1.29, 1.82) is 0 Å². The van der Waals surface area contributed by atoms with E-state index in [-0.39, 0.29) is 5.54 Å². The third kappa shape index (κ3) is 3.03. The first kappa shape index (κ1) is 11.6. The molecule has 0 saturated heterocycles. The molecule has 0 aliphatic heterocycles. The lowest BCUT2D eigenvalue weighted by molar-refractivity contribution is 0.420. The largest absolute Gasteiger partial charge is 0.333 e. The minimum Gasteiger partial charge on any atom is -0.333 e. The van der Waals surface area contributed by atoms with Crippen molar-refractivity contribution in [3.8, 4) is 11.5 Å². The summed E-state index contributed by atoms with van der Waals surface area (Å²) in [6, 6.07) is 4.26. The van der Waals surface area contributed by atoms with Crippen molar-refractivity contribution in [1.82, 2.24) is 15.1 Å². The van der Waals surface area contributed by atoms with Crippen LogP contribution in [0, 0.1) is 6.92 Å². The van der Waals surface area contributed by atoms with E-state index in [0.717, 1.165) is 11.3 Å². The average Bonchev–Trinajstić information content (AvgIpc) is 2.63. The Labute approximate surface area is 100 Å². The zero-order chi connectivity index (χ0) is 12.5. The van der Waals surface area contributed by atoms with Crippen LogP contribution in [-0.4, -0.2) is 20.7 Å². The monoisotopic (exact) mass is 232 g/mol. The highest BCUT2D eigenvalue weighted by Crippen LogP contribution is 2.18. The molecule has 0 radical (unpaired) electrons. The molecule has 0 amide bonds. The van der Waals surface area contributed by atoms with Gasteiger partial charge in [0.2, 0.25) is 5.82 Å². The molecule has 17 heavy (non-hydrogen) atoms. The van der Waals surface area contributed by atoms with Gasteiger partial charge < -0.3 is 9.84 Å². The molecule has 90 valence electrons. The van der Waals surface area contributed by atoms with E-state index < -0.39 is 0 Å². The number of aromatic nitrogens is 3. The van der Waals surface area contributed by atoms with Gasteiger partial charge in [-0.3, -0.25) is 4.98 Å². The van der Waals surface area contributed by atoms with Crippen molar-refractivity contribution >= 4 is 6.01 Å². The van der Waals surface area contributed by atoms with Crippen LogP contribution < -0.4 is 5.32 Å². The lowest BCUT2D eigenvalue weighted by atomic mass is 10.1. The number of pyridine rings is 1. The molecule has 0 saturated carbocycles. The first-order valence-electron chi connectivity index (χ1n) is 5.49. The van der Waals surface area contributed by atoms with E-state index in [1.54, 1.807) is 6.20 Å². The lowest BCUT2D eigenvalue weighted by Crippen LogP contribution is -2.26. The van der Waals surface area contributed by atoms with Crippen LogP contribution in [0.5, 0.6) is 0 Å². The molecule has 0 fully saturated rings. The molecule has 5 heteroatoms. The Morgan fingerprint density at radius 2 is 2.06 bits per heavy atom. The van der Waals surface area contributed by atoms with Gasteiger partial charge in [-0.05, 0) is 45.4 Å². The Morgan fingerprint density at radius 3 is 2.71 bits per heavy atom. The number of rotatable bonds is 2. The molecule has 2 aromatic rings. The summed E-state index contributed by atoms with van der Waals surface area (Å²) in [6.07, 6.45) is 1.73. The molecule has 0 bridgehead atoms. The summed E-state index contributed by atoms with van der Waals surface area (Å²) >= 11 is 0. The maximum atomic E-state index is 5.12. The van der Waals surface area contributed by atoms with E-state index in [4.69, 9.17) is 4.52 Å². The SMILES string of the molecule is Cc1ccnc(-c2noc(NC(C)(C)C)n2)c1. The summed E-state index contributed by atoms with van der Waals surface area (Å²) in [6.45, 7) is 8.09. The highest BCUT2D eigenvalue weighted by molar-refractivity contribution is 5.50. The highest BCUT2D eigenvalue weighted by atomic mass is 16.5. The van der Waals surface area contributed by atoms with Crippen molar-refractivity contribution < 1.29 is 4.52 Å². The van der Waals surface area contributed by atoms with Crippen molar-refractivity contribution in [3.05, 3.63) is 23.9 Å². The molecular weight excluding hydrogens is 216 g/mol. The molecule has 0 aromatic carbocycles. The second-order valence-corrected chi connectivity index (χ2v) is 5.02. The van der Waals surface area contributed by atoms with Crippen LogP contribution in [0.3, 0.4) is 0 Å². The Kier molecular flexibility index (Phi) is 2.83. The Balaban J connectivity index is 2.24. The van der Waals surface area contributed by atoms with Crippen LogP contribution >= 0.6 is 0 Å². The summed E-state index contributed by atoms with van der Waals surface area (Å²) in [5.74, 6) is 0.500. The van der Waals surface area contributed by atoms with E-state index in [2.05, 4.69) is 20.4 Å². The smallest absolute Gasteiger partial charge is 0.322 e. The summed E-state index contributed by atoms with van der Waals surface area (Å²) in [7, 11) is 0. The molecule has 0 atom stereocenters. The zero-order valence-corrected chi connectivity index (χ0v) is 10.5. The van der Waals surface area contributed by atoms with Crippen LogP contribution in [0.2, 0.25) is 0 Å². The standard InChI is InChI=1S/C12H16N4O/c1-8-5-6-13-9(7-8)10-14-11(17-16-10)15-12(2,3)4/h5-7H,1-4H3,(H,14,15,16). The van der Waals surface area contributed by atoms with Crippen molar-refractivity contribution in [2.45, 2.75) is 33.2 Å². The van der Waals surface area contributed by atoms with Crippen LogP contribution in [0.25, 0.3) is 11.5 Å². The Morgan fingerprint density at radius 1 is 1.29 bits per heavy atom. The molecule has 0 spiro atoms. The average molecular weight is 232 g/mol. The van der Waals surface area contributed by atoms with Gasteiger partial charge in [-0.25, -0.2) is 0 Å². The van der Waals surface area contributed by atoms with E-state index >= 15 is 0 Å². The van der Waals surface area contributed by atoms with Gasteiger partial charge in [0.1, 0.15) is 5.69 Å². The number of aryl methyl sites for hydroxylation is 1. The first-order valence-corrected chi connectivity index (χ1v) is 5.49. The quantitative estimate of drug-likeness (QED) is 0.862. The molecule has 5 nitrogen and oxygen atoms in total. The van der Waals surface area contributed by atoms with Gasteiger partial charge in [-0.1, -0.05) is 5.16 Å². The third-order valence-corrected chi connectivity index (χ3v) is 2.05. The minimum absolute atomic E-state index is 0.107. The molecular formula is C12H16N4O. The van der Waals surface area contributed by atoms with Gasteiger partial charge in [0.15, 0.2) is 0 Å².